The van der Waals surface area contributed by atoms with Crippen molar-refractivity contribution in [1.82, 2.24) is 16.0 Å². The Morgan fingerprint density at radius 1 is 1.09 bits per heavy atom. The molecular weight excluding hydrogens is 541 g/mol. The number of anilines is 1. The quantitative estimate of drug-likeness (QED) is 0.237. The minimum atomic E-state index is -0.0562. The summed E-state index contributed by atoms with van der Waals surface area (Å²) in [5, 5.41) is 9.62. The zero-order valence-corrected chi connectivity index (χ0v) is 22.6. The molecule has 2 aromatic rings. The molecular formula is C26H36IN5O2. The molecule has 1 atom stereocenters. The first-order valence-corrected chi connectivity index (χ1v) is 11.8. The van der Waals surface area contributed by atoms with Crippen molar-refractivity contribution in [2.75, 3.05) is 18.0 Å². The zero-order chi connectivity index (χ0) is 23.6. The van der Waals surface area contributed by atoms with Crippen LogP contribution in [0.2, 0.25) is 0 Å². The van der Waals surface area contributed by atoms with Crippen molar-refractivity contribution in [3.63, 3.8) is 0 Å². The molecule has 1 fully saturated rings. The highest BCUT2D eigenvalue weighted by Gasteiger charge is 2.21. The minimum Gasteiger partial charge on any atom is -0.357 e. The van der Waals surface area contributed by atoms with Crippen molar-refractivity contribution >= 4 is 47.4 Å². The third-order valence-electron chi connectivity index (χ3n) is 5.72. The Balaban J connectivity index is 0.00000408. The summed E-state index contributed by atoms with van der Waals surface area (Å²) in [5.41, 5.74) is 3.69. The van der Waals surface area contributed by atoms with E-state index in [2.05, 4.69) is 20.9 Å². The van der Waals surface area contributed by atoms with Gasteiger partial charge in [0.15, 0.2) is 5.96 Å². The van der Waals surface area contributed by atoms with Gasteiger partial charge in [-0.1, -0.05) is 31.2 Å². The van der Waals surface area contributed by atoms with Crippen molar-refractivity contribution in [3.8, 4) is 0 Å². The van der Waals surface area contributed by atoms with Crippen LogP contribution >= 0.6 is 24.0 Å². The Bertz CT molecular complexity index is 977. The number of guanidine groups is 1. The Labute approximate surface area is 219 Å². The maximum Gasteiger partial charge on any atom is 0.251 e. The summed E-state index contributed by atoms with van der Waals surface area (Å²) in [6.45, 7) is 8.72. The standard InChI is InChI=1S/C26H35N5O2.HI/c1-4-19(3)30-25(33)22-9-6-8-21(16-22)18-29-26(27-5-2)28-17-20-11-13-23(14-12-20)31-15-7-10-24(31)32;/h6,8-9,11-14,16,19H,4-5,7,10,15,17-18H2,1-3H3,(H,30,33)(H2,27,28,29);1H. The van der Waals surface area contributed by atoms with Gasteiger partial charge in [-0.3, -0.25) is 9.59 Å². The number of rotatable bonds is 9. The van der Waals surface area contributed by atoms with Crippen LogP contribution in [0.5, 0.6) is 0 Å². The van der Waals surface area contributed by atoms with E-state index in [1.54, 1.807) is 0 Å². The Morgan fingerprint density at radius 2 is 1.85 bits per heavy atom. The smallest absolute Gasteiger partial charge is 0.251 e. The van der Waals surface area contributed by atoms with E-state index in [0.717, 1.165) is 42.7 Å². The molecule has 3 rings (SSSR count). The lowest BCUT2D eigenvalue weighted by atomic mass is 10.1. The van der Waals surface area contributed by atoms with E-state index in [-0.39, 0.29) is 41.8 Å². The number of carbonyl (C=O) groups excluding carboxylic acids is 2. The molecule has 1 saturated heterocycles. The van der Waals surface area contributed by atoms with E-state index < -0.39 is 0 Å². The number of hydrogen-bond donors (Lipinski definition) is 3. The van der Waals surface area contributed by atoms with Crippen LogP contribution in [0.25, 0.3) is 0 Å². The van der Waals surface area contributed by atoms with Crippen LogP contribution in [-0.2, 0) is 17.9 Å². The van der Waals surface area contributed by atoms with Gasteiger partial charge in [0.2, 0.25) is 5.91 Å². The van der Waals surface area contributed by atoms with Crippen molar-refractivity contribution in [1.29, 1.82) is 0 Å². The Hall–Kier alpha value is -2.62. The fourth-order valence-electron chi connectivity index (χ4n) is 3.63. The van der Waals surface area contributed by atoms with Crippen LogP contribution in [0.4, 0.5) is 5.69 Å². The molecule has 1 aliphatic rings. The molecule has 1 unspecified atom stereocenters. The Kier molecular flexibility index (Phi) is 11.3. The third-order valence-corrected chi connectivity index (χ3v) is 5.72. The molecule has 2 aromatic carbocycles. The van der Waals surface area contributed by atoms with Gasteiger partial charge in [0.1, 0.15) is 0 Å². The van der Waals surface area contributed by atoms with Crippen molar-refractivity contribution < 1.29 is 9.59 Å². The van der Waals surface area contributed by atoms with E-state index in [9.17, 15) is 9.59 Å². The molecule has 3 N–H and O–H groups in total. The van der Waals surface area contributed by atoms with E-state index >= 15 is 0 Å². The maximum absolute atomic E-state index is 12.4. The summed E-state index contributed by atoms with van der Waals surface area (Å²) < 4.78 is 0. The van der Waals surface area contributed by atoms with Crippen molar-refractivity contribution in [2.24, 2.45) is 4.99 Å². The van der Waals surface area contributed by atoms with Crippen LogP contribution in [0.1, 0.15) is 61.5 Å². The van der Waals surface area contributed by atoms with Gasteiger partial charge in [-0.15, -0.1) is 24.0 Å². The molecule has 0 aliphatic carbocycles. The van der Waals surface area contributed by atoms with Gasteiger partial charge >= 0.3 is 0 Å². The zero-order valence-electron chi connectivity index (χ0n) is 20.3. The SMILES string of the molecule is CCNC(=NCc1cccc(C(=O)NC(C)CC)c1)NCc1ccc(N2CCCC2=O)cc1.I. The average molecular weight is 578 g/mol. The number of amides is 2. The largest absolute Gasteiger partial charge is 0.357 e. The topological polar surface area (TPSA) is 85.8 Å². The van der Waals surface area contributed by atoms with Crippen LogP contribution in [-0.4, -0.2) is 36.9 Å². The lowest BCUT2D eigenvalue weighted by Gasteiger charge is -2.16. The molecule has 0 spiro atoms. The summed E-state index contributed by atoms with van der Waals surface area (Å²) >= 11 is 0. The number of hydrogen-bond acceptors (Lipinski definition) is 3. The third kappa shape index (κ3) is 8.00. The summed E-state index contributed by atoms with van der Waals surface area (Å²) in [7, 11) is 0. The highest BCUT2D eigenvalue weighted by Crippen LogP contribution is 2.21. The molecule has 2 amide bonds. The fraction of sp³-hybridized carbons (Fsp3) is 0.423. The summed E-state index contributed by atoms with van der Waals surface area (Å²) in [5.74, 6) is 0.855. The summed E-state index contributed by atoms with van der Waals surface area (Å²) in [6, 6.07) is 15.8. The van der Waals surface area contributed by atoms with Gasteiger partial charge in [-0.05, 0) is 62.1 Å². The molecule has 0 aromatic heterocycles. The monoisotopic (exact) mass is 577 g/mol. The van der Waals surface area contributed by atoms with Crippen LogP contribution in [0, 0.1) is 0 Å². The number of nitrogens with one attached hydrogen (secondary N) is 3. The predicted octanol–water partition coefficient (Wildman–Crippen LogP) is 4.22. The van der Waals surface area contributed by atoms with Gasteiger partial charge in [-0.2, -0.15) is 0 Å². The normalized spacial score (nSPS) is 14.4. The molecule has 7 nitrogen and oxygen atoms in total. The summed E-state index contributed by atoms with van der Waals surface area (Å²) in [4.78, 5) is 30.8. The maximum atomic E-state index is 12.4. The first-order valence-electron chi connectivity index (χ1n) is 11.8. The van der Waals surface area contributed by atoms with Crippen LogP contribution < -0.4 is 20.9 Å². The van der Waals surface area contributed by atoms with Gasteiger partial charge < -0.3 is 20.9 Å². The van der Waals surface area contributed by atoms with Gasteiger partial charge in [-0.25, -0.2) is 4.99 Å². The number of benzene rings is 2. The molecule has 34 heavy (non-hydrogen) atoms. The van der Waals surface area contributed by atoms with Crippen molar-refractivity contribution in [3.05, 3.63) is 65.2 Å². The molecule has 1 heterocycles. The molecule has 184 valence electrons. The minimum absolute atomic E-state index is 0. The molecule has 0 radical (unpaired) electrons. The highest BCUT2D eigenvalue weighted by atomic mass is 127. The number of halogens is 1. The second-order valence-corrected chi connectivity index (χ2v) is 8.35. The second-order valence-electron chi connectivity index (χ2n) is 8.35. The fourth-order valence-corrected chi connectivity index (χ4v) is 3.63. The molecule has 8 heteroatoms. The molecule has 0 bridgehead atoms. The number of aliphatic imine (C=N–C) groups is 1. The lowest BCUT2D eigenvalue weighted by Crippen LogP contribution is -2.36. The van der Waals surface area contributed by atoms with Crippen LogP contribution in [0.3, 0.4) is 0 Å². The van der Waals surface area contributed by atoms with E-state index in [1.165, 1.54) is 0 Å². The Morgan fingerprint density at radius 3 is 2.50 bits per heavy atom. The number of nitrogens with zero attached hydrogens (tertiary/aromatic N) is 2. The molecule has 1 aliphatic heterocycles. The van der Waals surface area contributed by atoms with E-state index in [0.29, 0.717) is 31.0 Å². The predicted molar refractivity (Wildman–Crippen MR) is 149 cm³/mol. The van der Waals surface area contributed by atoms with Gasteiger partial charge in [0, 0.05) is 43.3 Å². The average Bonchev–Trinajstić information content (AvgIpc) is 3.27. The van der Waals surface area contributed by atoms with Gasteiger partial charge in [0.25, 0.3) is 5.91 Å². The first-order chi connectivity index (χ1) is 16.0. The van der Waals surface area contributed by atoms with E-state index in [1.807, 2.05) is 74.2 Å². The summed E-state index contributed by atoms with van der Waals surface area (Å²) in [6.07, 6.45) is 2.46. The van der Waals surface area contributed by atoms with Gasteiger partial charge in [0.05, 0.1) is 6.54 Å². The molecule has 0 saturated carbocycles. The first kappa shape index (κ1) is 27.6. The van der Waals surface area contributed by atoms with Crippen LogP contribution in [0.15, 0.2) is 53.5 Å². The lowest BCUT2D eigenvalue weighted by molar-refractivity contribution is -0.117. The van der Waals surface area contributed by atoms with E-state index in [4.69, 9.17) is 0 Å². The highest BCUT2D eigenvalue weighted by molar-refractivity contribution is 14.0. The van der Waals surface area contributed by atoms with Crippen molar-refractivity contribution in [2.45, 2.75) is 59.2 Å². The number of carbonyl (C=O) groups is 2. The second kappa shape index (κ2) is 13.9.